The number of urea groups is 1. The van der Waals surface area contributed by atoms with E-state index in [1.807, 2.05) is 4.90 Å². The third kappa shape index (κ3) is 2.80. The molecule has 1 aliphatic heterocycles. The number of hydrogen-bond acceptors (Lipinski definition) is 4. The van der Waals surface area contributed by atoms with Gasteiger partial charge in [-0.25, -0.2) is 4.79 Å². The highest BCUT2D eigenvalue weighted by atomic mass is 16.5. The molecule has 1 N–H and O–H groups in total. The first-order valence-corrected chi connectivity index (χ1v) is 7.66. The number of nitrogens with zero attached hydrogens (tertiary/aromatic N) is 3. The second-order valence-electron chi connectivity index (χ2n) is 5.99. The molecule has 0 radical (unpaired) electrons. The molecule has 2 aliphatic rings. The lowest BCUT2D eigenvalue weighted by Gasteiger charge is -2.33. The molecular formula is C15H22N4O2. The normalized spacial score (nSPS) is 28.1. The van der Waals surface area contributed by atoms with Gasteiger partial charge in [0.2, 0.25) is 5.88 Å². The molecular weight excluding hydrogens is 268 g/mol. The predicted molar refractivity (Wildman–Crippen MR) is 79.3 cm³/mol. The molecule has 1 saturated heterocycles. The minimum atomic E-state index is -0.0589. The Hall–Kier alpha value is -1.85. The van der Waals surface area contributed by atoms with Crippen molar-refractivity contribution in [3.05, 3.63) is 12.1 Å². The Bertz CT molecular complexity index is 505. The van der Waals surface area contributed by atoms with E-state index in [9.17, 15) is 4.79 Å². The summed E-state index contributed by atoms with van der Waals surface area (Å²) in [5.74, 6) is 1.57. The van der Waals surface area contributed by atoms with Gasteiger partial charge in [0.05, 0.1) is 7.11 Å². The molecule has 1 aromatic rings. The van der Waals surface area contributed by atoms with Crippen molar-refractivity contribution < 1.29 is 9.53 Å². The van der Waals surface area contributed by atoms with E-state index in [4.69, 9.17) is 4.74 Å². The number of amides is 2. The molecule has 6 nitrogen and oxygen atoms in total. The molecule has 3 rings (SSSR count). The average Bonchev–Trinajstić information content (AvgIpc) is 2.83. The van der Waals surface area contributed by atoms with E-state index in [0.717, 1.165) is 12.8 Å². The van der Waals surface area contributed by atoms with E-state index in [2.05, 4.69) is 22.4 Å². The zero-order valence-corrected chi connectivity index (χ0v) is 12.6. The van der Waals surface area contributed by atoms with Crippen molar-refractivity contribution in [3.63, 3.8) is 0 Å². The molecule has 1 aromatic heterocycles. The van der Waals surface area contributed by atoms with Gasteiger partial charge in [-0.2, -0.15) is 0 Å². The second kappa shape index (κ2) is 5.87. The summed E-state index contributed by atoms with van der Waals surface area (Å²) in [7, 11) is 1.54. The van der Waals surface area contributed by atoms with Crippen molar-refractivity contribution in [1.29, 1.82) is 0 Å². The van der Waals surface area contributed by atoms with Gasteiger partial charge in [0, 0.05) is 18.2 Å². The van der Waals surface area contributed by atoms with Gasteiger partial charge in [-0.3, -0.25) is 5.32 Å². The van der Waals surface area contributed by atoms with Crippen LogP contribution in [0.1, 0.15) is 39.0 Å². The zero-order valence-electron chi connectivity index (χ0n) is 12.6. The van der Waals surface area contributed by atoms with Gasteiger partial charge in [0.1, 0.15) is 0 Å². The third-order valence-electron chi connectivity index (χ3n) is 4.66. The predicted octanol–water partition coefficient (Wildman–Crippen LogP) is 2.67. The fraction of sp³-hybridized carbons (Fsp3) is 0.667. The Morgan fingerprint density at radius 2 is 2.14 bits per heavy atom. The molecule has 2 fully saturated rings. The number of likely N-dealkylation sites (tertiary alicyclic amines) is 1. The molecule has 1 aliphatic carbocycles. The number of hydrogen-bond donors (Lipinski definition) is 1. The van der Waals surface area contributed by atoms with Crippen LogP contribution in [0.3, 0.4) is 0 Å². The molecule has 2 amide bonds. The first-order chi connectivity index (χ1) is 10.2. The summed E-state index contributed by atoms with van der Waals surface area (Å²) in [6, 6.07) is 4.03. The van der Waals surface area contributed by atoms with Crippen molar-refractivity contribution in [2.24, 2.45) is 5.92 Å². The number of aromatic nitrogens is 2. The van der Waals surface area contributed by atoms with E-state index < -0.39 is 0 Å². The molecule has 0 aromatic carbocycles. The number of methoxy groups -OCH3 is 1. The van der Waals surface area contributed by atoms with Crippen LogP contribution in [0.25, 0.3) is 0 Å². The highest BCUT2D eigenvalue weighted by Crippen LogP contribution is 2.39. The van der Waals surface area contributed by atoms with E-state index in [0.29, 0.717) is 29.7 Å². The van der Waals surface area contributed by atoms with Crippen LogP contribution in [-0.2, 0) is 0 Å². The Morgan fingerprint density at radius 3 is 2.86 bits per heavy atom. The van der Waals surface area contributed by atoms with Crippen LogP contribution >= 0.6 is 0 Å². The molecule has 114 valence electrons. The van der Waals surface area contributed by atoms with Gasteiger partial charge in [0.25, 0.3) is 0 Å². The standard InChI is InChI=1S/C15H22N4O2/c1-10-9-11-5-3-4-6-12(11)19(10)15(20)16-13-7-8-14(21-2)18-17-13/h7-8,10-12H,3-6,9H2,1-2H3,(H,16,17,20). The summed E-state index contributed by atoms with van der Waals surface area (Å²) < 4.78 is 4.96. The highest BCUT2D eigenvalue weighted by molar-refractivity contribution is 5.89. The molecule has 21 heavy (non-hydrogen) atoms. The van der Waals surface area contributed by atoms with Crippen LogP contribution in [0.15, 0.2) is 12.1 Å². The molecule has 0 spiro atoms. The number of nitrogens with one attached hydrogen (secondary N) is 1. The van der Waals surface area contributed by atoms with Crippen molar-refractivity contribution in [3.8, 4) is 5.88 Å². The van der Waals surface area contributed by atoms with Gasteiger partial charge in [-0.15, -0.1) is 10.2 Å². The summed E-state index contributed by atoms with van der Waals surface area (Å²) in [5, 5.41) is 10.7. The largest absolute Gasteiger partial charge is 0.480 e. The van der Waals surface area contributed by atoms with Gasteiger partial charge in [0.15, 0.2) is 5.82 Å². The maximum absolute atomic E-state index is 12.6. The summed E-state index contributed by atoms with van der Waals surface area (Å²) >= 11 is 0. The van der Waals surface area contributed by atoms with E-state index in [1.165, 1.54) is 26.4 Å². The minimum Gasteiger partial charge on any atom is -0.480 e. The second-order valence-corrected chi connectivity index (χ2v) is 5.99. The summed E-state index contributed by atoms with van der Waals surface area (Å²) in [6.07, 6.45) is 6.01. The number of fused-ring (bicyclic) bond motifs is 1. The lowest BCUT2D eigenvalue weighted by Crippen LogP contribution is -2.44. The molecule has 3 unspecified atom stereocenters. The maximum atomic E-state index is 12.6. The Labute approximate surface area is 124 Å². The lowest BCUT2D eigenvalue weighted by molar-refractivity contribution is 0.168. The smallest absolute Gasteiger partial charge is 0.323 e. The Morgan fingerprint density at radius 1 is 1.33 bits per heavy atom. The van der Waals surface area contributed by atoms with Crippen LogP contribution < -0.4 is 10.1 Å². The summed E-state index contributed by atoms with van der Waals surface area (Å²) in [5.41, 5.74) is 0. The van der Waals surface area contributed by atoms with E-state index in [-0.39, 0.29) is 6.03 Å². The van der Waals surface area contributed by atoms with Gasteiger partial charge < -0.3 is 9.64 Å². The number of rotatable bonds is 2. The molecule has 2 heterocycles. The van der Waals surface area contributed by atoms with Crippen LogP contribution in [0, 0.1) is 5.92 Å². The lowest BCUT2D eigenvalue weighted by atomic mass is 9.85. The average molecular weight is 290 g/mol. The van der Waals surface area contributed by atoms with Crippen molar-refractivity contribution >= 4 is 11.8 Å². The summed E-state index contributed by atoms with van der Waals surface area (Å²) in [4.78, 5) is 14.6. The van der Waals surface area contributed by atoms with Crippen molar-refractivity contribution in [1.82, 2.24) is 15.1 Å². The maximum Gasteiger partial charge on any atom is 0.323 e. The van der Waals surface area contributed by atoms with Crippen LogP contribution in [0.4, 0.5) is 10.6 Å². The van der Waals surface area contributed by atoms with E-state index >= 15 is 0 Å². The van der Waals surface area contributed by atoms with Crippen molar-refractivity contribution in [2.45, 2.75) is 51.1 Å². The SMILES string of the molecule is COc1ccc(NC(=O)N2C(C)CC3CCCCC32)nn1. The fourth-order valence-corrected chi connectivity index (χ4v) is 3.73. The first kappa shape index (κ1) is 14.1. The minimum absolute atomic E-state index is 0.0589. The molecule has 0 bridgehead atoms. The van der Waals surface area contributed by atoms with Crippen LogP contribution in [0.5, 0.6) is 5.88 Å². The first-order valence-electron chi connectivity index (χ1n) is 7.66. The molecule has 3 atom stereocenters. The van der Waals surface area contributed by atoms with Gasteiger partial charge >= 0.3 is 6.03 Å². The quantitative estimate of drug-likeness (QED) is 0.909. The van der Waals surface area contributed by atoms with Crippen LogP contribution in [0.2, 0.25) is 0 Å². The Balaban J connectivity index is 1.68. The number of carbonyl (C=O) groups excluding carboxylic acids is 1. The van der Waals surface area contributed by atoms with Gasteiger partial charge in [-0.1, -0.05) is 12.8 Å². The van der Waals surface area contributed by atoms with Crippen LogP contribution in [-0.4, -0.2) is 40.3 Å². The molecule has 6 heteroatoms. The number of carbonyl (C=O) groups is 1. The zero-order chi connectivity index (χ0) is 14.8. The number of ether oxygens (including phenoxy) is 1. The van der Waals surface area contributed by atoms with E-state index in [1.54, 1.807) is 12.1 Å². The summed E-state index contributed by atoms with van der Waals surface area (Å²) in [6.45, 7) is 2.14. The van der Waals surface area contributed by atoms with Gasteiger partial charge in [-0.05, 0) is 38.2 Å². The Kier molecular flexibility index (Phi) is 3.94. The topological polar surface area (TPSA) is 67.3 Å². The highest BCUT2D eigenvalue weighted by Gasteiger charge is 2.42. The third-order valence-corrected chi connectivity index (χ3v) is 4.66. The molecule has 1 saturated carbocycles. The van der Waals surface area contributed by atoms with Crippen molar-refractivity contribution in [2.75, 3.05) is 12.4 Å². The monoisotopic (exact) mass is 290 g/mol. The number of anilines is 1. The fourth-order valence-electron chi connectivity index (χ4n) is 3.73.